The lowest BCUT2D eigenvalue weighted by molar-refractivity contribution is -0.150. The van der Waals surface area contributed by atoms with Crippen LogP contribution >= 0.6 is 0 Å². The van der Waals surface area contributed by atoms with Gasteiger partial charge in [0.2, 0.25) is 0 Å². The van der Waals surface area contributed by atoms with Crippen molar-refractivity contribution >= 4 is 17.5 Å². The number of esters is 1. The van der Waals surface area contributed by atoms with Gasteiger partial charge in [0.15, 0.2) is 0 Å². The maximum atomic E-state index is 13.1. The van der Waals surface area contributed by atoms with Crippen molar-refractivity contribution in [2.45, 2.75) is 60.3 Å². The van der Waals surface area contributed by atoms with Crippen LogP contribution in [0.5, 0.6) is 0 Å². The van der Waals surface area contributed by atoms with E-state index in [-0.39, 0.29) is 47.1 Å². The van der Waals surface area contributed by atoms with Gasteiger partial charge >= 0.3 is 5.97 Å². The van der Waals surface area contributed by atoms with Crippen LogP contribution < -0.4 is 0 Å². The third kappa shape index (κ3) is 4.04. The first-order chi connectivity index (χ1) is 11.6. The highest BCUT2D eigenvalue weighted by molar-refractivity contribution is 5.92. The predicted octanol–water partition coefficient (Wildman–Crippen LogP) is 3.98. The van der Waals surface area contributed by atoms with Crippen LogP contribution in [0.4, 0.5) is 0 Å². The van der Waals surface area contributed by atoms with Gasteiger partial charge in [-0.3, -0.25) is 14.4 Å². The number of rotatable bonds is 2. The largest absolute Gasteiger partial charge is 0.469 e. The fourth-order valence-electron chi connectivity index (χ4n) is 4.69. The third-order valence-corrected chi connectivity index (χ3v) is 6.57. The van der Waals surface area contributed by atoms with Gasteiger partial charge < -0.3 is 4.74 Å². The van der Waals surface area contributed by atoms with Crippen LogP contribution in [-0.4, -0.2) is 24.6 Å². The molecular formula is C21H32O4. The average Bonchev–Trinajstić information content (AvgIpc) is 3.09. The summed E-state index contributed by atoms with van der Waals surface area (Å²) >= 11 is 0. The van der Waals surface area contributed by atoms with Gasteiger partial charge in [0, 0.05) is 24.7 Å². The molecule has 0 spiro atoms. The highest BCUT2D eigenvalue weighted by Gasteiger charge is 2.62. The SMILES string of the molecule is COC(=O)[C@H](C)[C@H]1C(=O)C[C@H](C)C(=O)C/C=C(\C)CC[C@H]2[C@@H]1C2(C)C. The predicted molar refractivity (Wildman–Crippen MR) is 96.8 cm³/mol. The zero-order chi connectivity index (χ0) is 18.9. The van der Waals surface area contributed by atoms with Gasteiger partial charge in [-0.15, -0.1) is 0 Å². The van der Waals surface area contributed by atoms with Crippen LogP contribution in [0.25, 0.3) is 0 Å². The van der Waals surface area contributed by atoms with E-state index in [1.807, 2.05) is 13.0 Å². The third-order valence-electron chi connectivity index (χ3n) is 6.57. The van der Waals surface area contributed by atoms with Gasteiger partial charge in [-0.2, -0.15) is 0 Å². The minimum absolute atomic E-state index is 0.0422. The number of hydrogen-bond donors (Lipinski definition) is 0. The number of Topliss-reactive ketones (excluding diaryl/α,β-unsaturated/α-hetero) is 2. The van der Waals surface area contributed by atoms with E-state index < -0.39 is 5.92 Å². The first-order valence-corrected chi connectivity index (χ1v) is 9.40. The number of carbonyl (C=O) groups excluding carboxylic acids is 3. The lowest BCUT2D eigenvalue weighted by Crippen LogP contribution is -2.33. The Morgan fingerprint density at radius 3 is 2.52 bits per heavy atom. The van der Waals surface area contributed by atoms with Gasteiger partial charge in [0.25, 0.3) is 0 Å². The van der Waals surface area contributed by atoms with Crippen LogP contribution in [-0.2, 0) is 19.1 Å². The Morgan fingerprint density at radius 1 is 1.28 bits per heavy atom. The Morgan fingerprint density at radius 2 is 1.92 bits per heavy atom. The van der Waals surface area contributed by atoms with E-state index in [1.165, 1.54) is 12.7 Å². The van der Waals surface area contributed by atoms with E-state index in [2.05, 4.69) is 20.8 Å². The van der Waals surface area contributed by atoms with Crippen LogP contribution in [0, 0.1) is 35.0 Å². The van der Waals surface area contributed by atoms with E-state index in [4.69, 9.17) is 4.74 Å². The molecule has 1 saturated carbocycles. The fraction of sp³-hybridized carbons (Fsp3) is 0.762. The summed E-state index contributed by atoms with van der Waals surface area (Å²) in [5.74, 6) is -0.693. The minimum atomic E-state index is -0.464. The molecule has 1 fully saturated rings. The number of allylic oxidation sites excluding steroid dienone is 2. The highest BCUT2D eigenvalue weighted by Crippen LogP contribution is 2.65. The van der Waals surface area contributed by atoms with Gasteiger partial charge in [-0.25, -0.2) is 0 Å². The molecule has 4 nitrogen and oxygen atoms in total. The average molecular weight is 348 g/mol. The summed E-state index contributed by atoms with van der Waals surface area (Å²) in [6.07, 6.45) is 4.58. The summed E-state index contributed by atoms with van der Waals surface area (Å²) in [4.78, 5) is 37.5. The molecule has 2 aliphatic carbocycles. The van der Waals surface area contributed by atoms with Crippen LogP contribution in [0.15, 0.2) is 11.6 Å². The van der Waals surface area contributed by atoms with Crippen molar-refractivity contribution in [3.8, 4) is 0 Å². The Balaban J connectivity index is 2.35. The first kappa shape index (κ1) is 19.9. The van der Waals surface area contributed by atoms with E-state index in [0.29, 0.717) is 12.3 Å². The van der Waals surface area contributed by atoms with Gasteiger partial charge in [0.05, 0.1) is 13.0 Å². The lowest BCUT2D eigenvalue weighted by Gasteiger charge is -2.24. The maximum Gasteiger partial charge on any atom is 0.309 e. The van der Waals surface area contributed by atoms with E-state index >= 15 is 0 Å². The van der Waals surface area contributed by atoms with Crippen molar-refractivity contribution in [1.82, 2.24) is 0 Å². The lowest BCUT2D eigenvalue weighted by atomic mass is 9.79. The summed E-state index contributed by atoms with van der Waals surface area (Å²) in [5, 5.41) is 0. The molecule has 0 unspecified atom stereocenters. The molecule has 0 N–H and O–H groups in total. The minimum Gasteiger partial charge on any atom is -0.469 e. The van der Waals surface area contributed by atoms with E-state index in [1.54, 1.807) is 6.92 Å². The molecule has 2 aliphatic rings. The number of hydrogen-bond acceptors (Lipinski definition) is 4. The van der Waals surface area contributed by atoms with E-state index in [9.17, 15) is 14.4 Å². The molecule has 0 aromatic rings. The summed E-state index contributed by atoms with van der Waals surface area (Å²) in [5.41, 5.74) is 1.29. The Hall–Kier alpha value is -1.45. The summed E-state index contributed by atoms with van der Waals surface area (Å²) in [6.45, 7) is 10.1. The number of fused-ring (bicyclic) bond motifs is 1. The van der Waals surface area contributed by atoms with Gasteiger partial charge in [-0.1, -0.05) is 39.3 Å². The van der Waals surface area contributed by atoms with Crippen LogP contribution in [0.2, 0.25) is 0 Å². The monoisotopic (exact) mass is 348 g/mol. The molecule has 0 aliphatic heterocycles. The molecule has 0 bridgehead atoms. The Labute approximate surface area is 151 Å². The molecule has 5 atom stereocenters. The normalized spacial score (nSPS) is 36.2. The number of ether oxygens (including phenoxy) is 1. The molecule has 0 saturated heterocycles. The Bertz CT molecular complexity index is 587. The van der Waals surface area contributed by atoms with Crippen molar-refractivity contribution in [2.24, 2.45) is 35.0 Å². The summed E-state index contributed by atoms with van der Waals surface area (Å²) < 4.78 is 4.92. The smallest absolute Gasteiger partial charge is 0.309 e. The van der Waals surface area contributed by atoms with Crippen LogP contribution in [0.3, 0.4) is 0 Å². The Kier molecular flexibility index (Phi) is 5.90. The first-order valence-electron chi connectivity index (χ1n) is 9.40. The van der Waals surface area contributed by atoms with E-state index in [0.717, 1.165) is 12.8 Å². The second-order valence-electron chi connectivity index (χ2n) is 8.62. The maximum absolute atomic E-state index is 13.1. The fourth-order valence-corrected chi connectivity index (χ4v) is 4.69. The molecule has 2 rings (SSSR count). The molecule has 4 heteroatoms. The summed E-state index contributed by atoms with van der Waals surface area (Å²) in [6, 6.07) is 0. The molecule has 0 amide bonds. The molecule has 25 heavy (non-hydrogen) atoms. The van der Waals surface area contributed by atoms with Crippen molar-refractivity contribution < 1.29 is 19.1 Å². The van der Waals surface area contributed by atoms with Crippen LogP contribution in [0.1, 0.15) is 60.3 Å². The molecule has 0 aromatic carbocycles. The molecule has 0 aromatic heterocycles. The van der Waals surface area contributed by atoms with Crippen molar-refractivity contribution in [1.29, 1.82) is 0 Å². The van der Waals surface area contributed by atoms with Gasteiger partial charge in [0.1, 0.15) is 11.6 Å². The zero-order valence-corrected chi connectivity index (χ0v) is 16.4. The molecular weight excluding hydrogens is 316 g/mol. The molecule has 0 heterocycles. The number of carbonyl (C=O) groups is 3. The zero-order valence-electron chi connectivity index (χ0n) is 16.4. The summed E-state index contributed by atoms with van der Waals surface area (Å²) in [7, 11) is 1.37. The number of methoxy groups -OCH3 is 1. The molecule has 0 radical (unpaired) electrons. The number of ketones is 2. The second kappa shape index (κ2) is 7.43. The van der Waals surface area contributed by atoms with Crippen molar-refractivity contribution in [2.75, 3.05) is 7.11 Å². The molecule has 140 valence electrons. The second-order valence-corrected chi connectivity index (χ2v) is 8.62. The highest BCUT2D eigenvalue weighted by atomic mass is 16.5. The topological polar surface area (TPSA) is 60.4 Å². The quantitative estimate of drug-likeness (QED) is 0.559. The van der Waals surface area contributed by atoms with Gasteiger partial charge in [-0.05, 0) is 37.0 Å². The van der Waals surface area contributed by atoms with Crippen molar-refractivity contribution in [3.05, 3.63) is 11.6 Å². The van der Waals surface area contributed by atoms with Crippen molar-refractivity contribution in [3.63, 3.8) is 0 Å². The standard InChI is InChI=1S/C21H32O4/c1-12-7-9-15-19(21(15,4)5)18(14(3)20(24)25-6)17(23)11-13(2)16(22)10-8-12/h8,13-15,18-19H,7,9-11H2,1-6H3/b12-8+/t13-,14+,15-,18-,19-/m0/s1.